The van der Waals surface area contributed by atoms with Gasteiger partial charge in [0.2, 0.25) is 0 Å². The first-order valence-electron chi connectivity index (χ1n) is 13.7. The van der Waals surface area contributed by atoms with Gasteiger partial charge in [0.25, 0.3) is 0 Å². The zero-order valence-corrected chi connectivity index (χ0v) is 22.0. The van der Waals surface area contributed by atoms with Crippen LogP contribution in [-0.4, -0.2) is 33.7 Å². The minimum atomic E-state index is -0.375. The highest BCUT2D eigenvalue weighted by molar-refractivity contribution is 5.60. The molecule has 0 aliphatic heterocycles. The summed E-state index contributed by atoms with van der Waals surface area (Å²) in [6.45, 7) is 3.51. The predicted octanol–water partition coefficient (Wildman–Crippen LogP) is 8.19. The number of rotatable bonds is 23. The van der Waals surface area contributed by atoms with Gasteiger partial charge in [-0.25, -0.2) is 0 Å². The first-order valence-corrected chi connectivity index (χ1v) is 13.7. The van der Waals surface area contributed by atoms with Gasteiger partial charge in [0.1, 0.15) is 6.29 Å². The molecule has 1 aromatic rings. The average molecular weight is 461 g/mol. The van der Waals surface area contributed by atoms with Crippen molar-refractivity contribution in [2.24, 2.45) is 11.3 Å². The summed E-state index contributed by atoms with van der Waals surface area (Å²) < 4.78 is 10.8. The maximum absolute atomic E-state index is 12.5. The molecule has 1 aromatic carbocycles. The zero-order valence-electron chi connectivity index (χ0n) is 22.0. The lowest BCUT2D eigenvalue weighted by atomic mass is 9.67. The number of aldehydes is 1. The molecule has 0 spiro atoms. The van der Waals surface area contributed by atoms with E-state index in [9.17, 15) is 4.79 Å². The minimum Gasteiger partial charge on any atom is -0.385 e. The molecule has 1 rings (SSSR count). The normalized spacial score (nSPS) is 12.7. The third-order valence-electron chi connectivity index (χ3n) is 7.32. The second kappa shape index (κ2) is 20.2. The molecular weight excluding hydrogens is 408 g/mol. The summed E-state index contributed by atoms with van der Waals surface area (Å²) in [5.41, 5.74) is 0.946. The van der Waals surface area contributed by atoms with Gasteiger partial charge in [-0.15, -0.1) is 0 Å². The maximum Gasteiger partial charge on any atom is 0.126 e. The van der Waals surface area contributed by atoms with Gasteiger partial charge >= 0.3 is 0 Å². The second-order valence-corrected chi connectivity index (χ2v) is 9.90. The molecule has 0 radical (unpaired) electrons. The Labute approximate surface area is 205 Å². The summed E-state index contributed by atoms with van der Waals surface area (Å²) in [7, 11) is 3.45. The molecule has 0 heterocycles. The van der Waals surface area contributed by atoms with Gasteiger partial charge in [-0.1, -0.05) is 114 Å². The van der Waals surface area contributed by atoms with Gasteiger partial charge in [-0.3, -0.25) is 0 Å². The summed E-state index contributed by atoms with van der Waals surface area (Å²) >= 11 is 0. The Bertz CT molecular complexity index is 549. The lowest BCUT2D eigenvalue weighted by Gasteiger charge is -2.37. The number of methoxy groups -OCH3 is 2. The molecule has 190 valence electrons. The topological polar surface area (TPSA) is 35.5 Å². The lowest BCUT2D eigenvalue weighted by Crippen LogP contribution is -2.36. The van der Waals surface area contributed by atoms with Gasteiger partial charge in [0.05, 0.1) is 0 Å². The summed E-state index contributed by atoms with van der Waals surface area (Å²) in [6, 6.07) is 10.6. The van der Waals surface area contributed by atoms with Crippen LogP contribution >= 0.6 is 0 Å². The Morgan fingerprint density at radius 2 is 1.24 bits per heavy atom. The van der Waals surface area contributed by atoms with Crippen LogP contribution in [0.5, 0.6) is 0 Å². The van der Waals surface area contributed by atoms with E-state index in [4.69, 9.17) is 9.47 Å². The molecule has 0 aromatic heterocycles. The monoisotopic (exact) mass is 460 g/mol. The van der Waals surface area contributed by atoms with Crippen LogP contribution in [-0.2, 0) is 20.7 Å². The van der Waals surface area contributed by atoms with Crippen LogP contribution in [0.4, 0.5) is 0 Å². The van der Waals surface area contributed by atoms with Gasteiger partial charge in [-0.2, -0.15) is 0 Å². The molecule has 0 aliphatic carbocycles. The van der Waals surface area contributed by atoms with Crippen LogP contribution < -0.4 is 0 Å². The number of hydrogen-bond donors (Lipinski definition) is 0. The van der Waals surface area contributed by atoms with E-state index in [0.29, 0.717) is 19.1 Å². The largest absolute Gasteiger partial charge is 0.385 e. The molecule has 0 aliphatic rings. The first kappa shape index (κ1) is 29.8. The van der Waals surface area contributed by atoms with E-state index in [-0.39, 0.29) is 5.41 Å². The smallest absolute Gasteiger partial charge is 0.126 e. The highest BCUT2D eigenvalue weighted by Gasteiger charge is 2.37. The van der Waals surface area contributed by atoms with Crippen molar-refractivity contribution in [1.82, 2.24) is 0 Å². The predicted molar refractivity (Wildman–Crippen MR) is 141 cm³/mol. The van der Waals surface area contributed by atoms with Crippen LogP contribution in [0.3, 0.4) is 0 Å². The summed E-state index contributed by atoms with van der Waals surface area (Å²) in [6.07, 6.45) is 21.1. The fourth-order valence-electron chi connectivity index (χ4n) is 5.05. The Balaban J connectivity index is 2.51. The highest BCUT2D eigenvalue weighted by atomic mass is 16.5. The van der Waals surface area contributed by atoms with Crippen molar-refractivity contribution in [3.8, 4) is 0 Å². The fraction of sp³-hybridized carbons (Fsp3) is 0.767. The van der Waals surface area contributed by atoms with E-state index in [1.165, 1.54) is 88.9 Å². The third kappa shape index (κ3) is 13.3. The van der Waals surface area contributed by atoms with E-state index in [0.717, 1.165) is 25.7 Å². The van der Waals surface area contributed by atoms with E-state index >= 15 is 0 Å². The number of hydrogen-bond acceptors (Lipinski definition) is 3. The fourth-order valence-corrected chi connectivity index (χ4v) is 5.05. The number of benzene rings is 1. The lowest BCUT2D eigenvalue weighted by molar-refractivity contribution is -0.122. The van der Waals surface area contributed by atoms with Crippen LogP contribution in [0.2, 0.25) is 0 Å². The Morgan fingerprint density at radius 3 is 1.70 bits per heavy atom. The molecule has 3 nitrogen and oxygen atoms in total. The van der Waals surface area contributed by atoms with Gasteiger partial charge < -0.3 is 14.3 Å². The number of ether oxygens (including phenoxy) is 2. The van der Waals surface area contributed by atoms with Gasteiger partial charge in [0.15, 0.2) is 0 Å². The average Bonchev–Trinajstić information content (AvgIpc) is 2.85. The van der Waals surface area contributed by atoms with Crippen molar-refractivity contribution in [1.29, 1.82) is 0 Å². The minimum absolute atomic E-state index is 0.325. The standard InChI is InChI=1S/C30H52O3/c1-4-5-6-7-8-9-10-11-12-13-14-18-21-29(26-28-19-16-15-17-20-28)30(27-31,22-24-32-2)23-25-33-3/h15-17,19-20,27,29H,4-14,18,21-26H2,1-3H3. The molecule has 1 unspecified atom stereocenters. The van der Waals surface area contributed by atoms with Crippen molar-refractivity contribution in [3.63, 3.8) is 0 Å². The van der Waals surface area contributed by atoms with E-state index < -0.39 is 0 Å². The molecule has 33 heavy (non-hydrogen) atoms. The van der Waals surface area contributed by atoms with Crippen molar-refractivity contribution in [2.75, 3.05) is 27.4 Å². The molecule has 3 heteroatoms. The van der Waals surface area contributed by atoms with Crippen LogP contribution in [0.15, 0.2) is 30.3 Å². The van der Waals surface area contributed by atoms with E-state index in [2.05, 4.69) is 37.3 Å². The van der Waals surface area contributed by atoms with Crippen molar-refractivity contribution < 1.29 is 14.3 Å². The first-order chi connectivity index (χ1) is 16.2. The van der Waals surface area contributed by atoms with Gasteiger partial charge in [-0.05, 0) is 37.2 Å². The van der Waals surface area contributed by atoms with Crippen LogP contribution in [0.1, 0.15) is 109 Å². The third-order valence-corrected chi connectivity index (χ3v) is 7.32. The molecule has 0 fully saturated rings. The molecule has 0 amide bonds. The van der Waals surface area contributed by atoms with Crippen molar-refractivity contribution >= 4 is 6.29 Å². The summed E-state index contributed by atoms with van der Waals surface area (Å²) in [5, 5.41) is 0. The Morgan fingerprint density at radius 1 is 0.758 bits per heavy atom. The highest BCUT2D eigenvalue weighted by Crippen LogP contribution is 2.39. The van der Waals surface area contributed by atoms with E-state index in [1.54, 1.807) is 14.2 Å². The molecule has 1 atom stereocenters. The van der Waals surface area contributed by atoms with Crippen molar-refractivity contribution in [3.05, 3.63) is 35.9 Å². The zero-order chi connectivity index (χ0) is 24.0. The SMILES string of the molecule is CCCCCCCCCCCCCCC(Cc1ccccc1)C(C=O)(CCOC)CCOC. The maximum atomic E-state index is 12.5. The Kier molecular flexibility index (Phi) is 18.3. The summed E-state index contributed by atoms with van der Waals surface area (Å²) in [5.74, 6) is 0.325. The van der Waals surface area contributed by atoms with Crippen LogP contribution in [0.25, 0.3) is 0 Å². The van der Waals surface area contributed by atoms with E-state index in [1.807, 2.05) is 0 Å². The molecule has 0 N–H and O–H groups in total. The van der Waals surface area contributed by atoms with Gasteiger partial charge in [0, 0.05) is 32.8 Å². The summed E-state index contributed by atoms with van der Waals surface area (Å²) in [4.78, 5) is 12.5. The van der Waals surface area contributed by atoms with Crippen LogP contribution in [0, 0.1) is 11.3 Å². The number of unbranched alkanes of at least 4 members (excludes halogenated alkanes) is 11. The van der Waals surface area contributed by atoms with Crippen molar-refractivity contribution in [2.45, 2.75) is 110 Å². The molecular formula is C30H52O3. The second-order valence-electron chi connectivity index (χ2n) is 9.90. The molecule has 0 bridgehead atoms. The quantitative estimate of drug-likeness (QED) is 0.122. The number of carbonyl (C=O) groups is 1. The Hall–Kier alpha value is -1.19. The molecule has 0 saturated carbocycles. The number of carbonyl (C=O) groups excluding carboxylic acids is 1. The molecule has 0 saturated heterocycles.